The van der Waals surface area contributed by atoms with Gasteiger partial charge in [0.15, 0.2) is 0 Å². The lowest BCUT2D eigenvalue weighted by atomic mass is 10.3. The van der Waals surface area contributed by atoms with E-state index in [9.17, 15) is 0 Å². The van der Waals surface area contributed by atoms with E-state index >= 15 is 0 Å². The quantitative estimate of drug-likeness (QED) is 0.413. The fourth-order valence-corrected chi connectivity index (χ4v) is 0. The van der Waals surface area contributed by atoms with Gasteiger partial charge < -0.3 is 0 Å². The van der Waals surface area contributed by atoms with E-state index in [-0.39, 0.29) is 17.7 Å². The monoisotopic (exact) mass is 274 g/mol. The maximum atomic E-state index is 2.17. The molecular weight excluding hydrogens is 216 g/mol. The second kappa shape index (κ2) is 121. The SMILES string of the molecule is C.C.CC.CC.CC.CC.CC(C)C.CC(C)C.[2HH].[2HH]. The molecule has 0 nitrogen and oxygen atoms in total. The normalized spacial score (nSPS) is 5.33. The molecule has 0 atom stereocenters. The van der Waals surface area contributed by atoms with Crippen LogP contribution in [0.1, 0.15) is 115 Å². The Hall–Kier alpha value is 0. The smallest absolute Gasteiger partial charge is 0 e. The molecule has 0 aliphatic rings. The topological polar surface area (TPSA) is 0 Å². The van der Waals surface area contributed by atoms with E-state index in [4.69, 9.17) is 0 Å². The molecule has 0 heteroatoms. The Morgan fingerprint density at radius 2 is 0.389 bits per heavy atom. The zero-order valence-electron chi connectivity index (χ0n) is 15.2. The Labute approximate surface area is 127 Å². The van der Waals surface area contributed by atoms with Crippen molar-refractivity contribution in [2.75, 3.05) is 0 Å². The molecule has 0 bridgehead atoms. The highest BCUT2D eigenvalue weighted by Gasteiger charge is 1.68. The molecule has 0 saturated carbocycles. The van der Waals surface area contributed by atoms with Gasteiger partial charge in [-0.05, 0) is 11.8 Å². The predicted octanol–water partition coefficient (Wildman–Crippen LogP) is 9.19. The average Bonchev–Trinajstić information content (AvgIpc) is 2.27. The van der Waals surface area contributed by atoms with Gasteiger partial charge in [0.1, 0.15) is 0 Å². The first-order valence-electron chi connectivity index (χ1n) is 7.46. The van der Waals surface area contributed by atoms with E-state index in [1.165, 1.54) is 0 Å². The molecule has 0 aromatic carbocycles. The second-order valence-corrected chi connectivity index (χ2v) is 3.46. The van der Waals surface area contributed by atoms with Gasteiger partial charge in [0.25, 0.3) is 0 Å². The van der Waals surface area contributed by atoms with Crippen LogP contribution in [0.4, 0.5) is 0 Å². The molecule has 0 spiro atoms. The molecule has 18 heavy (non-hydrogen) atoms. The van der Waals surface area contributed by atoms with Crippen LogP contribution in [-0.4, -0.2) is 0 Å². The summed E-state index contributed by atoms with van der Waals surface area (Å²) in [5.74, 6) is 1.67. The van der Waals surface area contributed by atoms with E-state index in [0.717, 1.165) is 11.8 Å². The van der Waals surface area contributed by atoms with Crippen LogP contribution in [-0.2, 0) is 0 Å². The molecule has 0 aliphatic heterocycles. The van der Waals surface area contributed by atoms with Crippen LogP contribution in [0.25, 0.3) is 0 Å². The number of hydrogen-bond donors (Lipinski definition) is 0. The fourth-order valence-electron chi connectivity index (χ4n) is 0. The third kappa shape index (κ3) is 0. The van der Waals surface area contributed by atoms with Crippen molar-refractivity contribution in [1.29, 1.82) is 0 Å². The summed E-state index contributed by atoms with van der Waals surface area (Å²) in [5.41, 5.74) is 0. The zero-order chi connectivity index (χ0) is 15.2. The fraction of sp³-hybridized carbons (Fsp3) is 1.00. The second-order valence-electron chi connectivity index (χ2n) is 3.46. The van der Waals surface area contributed by atoms with E-state index in [2.05, 4.69) is 41.5 Å². The summed E-state index contributed by atoms with van der Waals surface area (Å²) in [6.45, 7) is 29.0. The van der Waals surface area contributed by atoms with Crippen molar-refractivity contribution in [1.82, 2.24) is 0 Å². The van der Waals surface area contributed by atoms with Gasteiger partial charge in [-0.2, -0.15) is 0 Å². The predicted molar refractivity (Wildman–Crippen MR) is 104 cm³/mol. The Bertz CT molecular complexity index is 24.9. The lowest BCUT2D eigenvalue weighted by Crippen LogP contribution is -1.66. The molecule has 0 N–H and O–H groups in total. The minimum Gasteiger partial charge on any atom is -0.0776 e. The van der Waals surface area contributed by atoms with Gasteiger partial charge in [-0.15, -0.1) is 0 Å². The maximum Gasteiger partial charge on any atom is 0 e. The number of hydrogen-bond acceptors (Lipinski definition) is 0. The summed E-state index contributed by atoms with van der Waals surface area (Å²) in [4.78, 5) is 0. The summed E-state index contributed by atoms with van der Waals surface area (Å²) < 4.78 is 0. The van der Waals surface area contributed by atoms with Gasteiger partial charge in [-0.1, -0.05) is 112 Å². The molecular formula is C18H56. The third-order valence-corrected chi connectivity index (χ3v) is 0. The summed E-state index contributed by atoms with van der Waals surface area (Å²) in [6, 6.07) is 0. The van der Waals surface area contributed by atoms with Crippen molar-refractivity contribution in [3.05, 3.63) is 0 Å². The molecule has 0 aromatic rings. The molecule has 0 fully saturated rings. The molecule has 128 valence electrons. The third-order valence-electron chi connectivity index (χ3n) is 0. The van der Waals surface area contributed by atoms with Crippen LogP contribution in [0, 0.1) is 11.8 Å². The van der Waals surface area contributed by atoms with E-state index < -0.39 is 0 Å². The first-order valence-corrected chi connectivity index (χ1v) is 7.46. The molecule has 0 saturated heterocycles. The first kappa shape index (κ1) is 52.0. The van der Waals surface area contributed by atoms with Gasteiger partial charge in [0.05, 0.1) is 0 Å². The van der Waals surface area contributed by atoms with Crippen molar-refractivity contribution in [2.24, 2.45) is 11.8 Å². The van der Waals surface area contributed by atoms with Crippen LogP contribution < -0.4 is 0 Å². The Kier molecular flexibility index (Phi) is 349. The van der Waals surface area contributed by atoms with E-state index in [0.29, 0.717) is 0 Å². The van der Waals surface area contributed by atoms with Crippen molar-refractivity contribution in [3.63, 3.8) is 0 Å². The van der Waals surface area contributed by atoms with Crippen LogP contribution in [0.5, 0.6) is 0 Å². The average molecular weight is 275 g/mol. The van der Waals surface area contributed by atoms with Crippen LogP contribution in [0.3, 0.4) is 0 Å². The summed E-state index contributed by atoms with van der Waals surface area (Å²) in [7, 11) is 0. The molecule has 0 rings (SSSR count). The van der Waals surface area contributed by atoms with Crippen LogP contribution in [0.15, 0.2) is 0 Å². The van der Waals surface area contributed by atoms with Crippen molar-refractivity contribution >= 4 is 0 Å². The van der Waals surface area contributed by atoms with Gasteiger partial charge in [-0.3, -0.25) is 0 Å². The molecule has 0 unspecified atom stereocenters. The van der Waals surface area contributed by atoms with Gasteiger partial charge in [-0.25, -0.2) is 0 Å². The van der Waals surface area contributed by atoms with Crippen molar-refractivity contribution in [2.45, 2.75) is 112 Å². The molecule has 0 radical (unpaired) electrons. The van der Waals surface area contributed by atoms with Crippen LogP contribution in [0.2, 0.25) is 0 Å². The Morgan fingerprint density at radius 3 is 0.389 bits per heavy atom. The highest BCUT2D eigenvalue weighted by Crippen LogP contribution is 1.81. The molecule has 0 aliphatic carbocycles. The van der Waals surface area contributed by atoms with Crippen LogP contribution >= 0.6 is 0 Å². The van der Waals surface area contributed by atoms with E-state index in [1.807, 2.05) is 55.4 Å². The molecule has 0 aromatic heterocycles. The lowest BCUT2D eigenvalue weighted by molar-refractivity contribution is 0.736. The molecule has 0 amide bonds. The van der Waals surface area contributed by atoms with Gasteiger partial charge >= 0.3 is 0 Å². The largest absolute Gasteiger partial charge is 0.0776 e. The Morgan fingerprint density at radius 1 is 0.389 bits per heavy atom. The minimum atomic E-state index is 0. The highest BCUT2D eigenvalue weighted by atomic mass is 13.7. The lowest BCUT2D eigenvalue weighted by Gasteiger charge is -1.79. The number of rotatable bonds is 0. The Balaban J connectivity index is -0.00000000747. The van der Waals surface area contributed by atoms with Gasteiger partial charge in [0.2, 0.25) is 0 Å². The minimum absolute atomic E-state index is 0. The standard InChI is InChI=1S/2C4H10.4C2H6.2CH4.2H2/c2*1-4(2)3;4*1-2;;;;/h2*4H,1-3H3;4*1-2H3;2*1H4;2*1H/i;;;;;;;;2*1+1. The van der Waals surface area contributed by atoms with E-state index in [1.54, 1.807) is 0 Å². The summed E-state index contributed by atoms with van der Waals surface area (Å²) in [5, 5.41) is 0. The molecule has 0 heterocycles. The van der Waals surface area contributed by atoms with Crippen molar-refractivity contribution in [3.8, 4) is 0 Å². The highest BCUT2D eigenvalue weighted by molar-refractivity contribution is 4.21. The summed E-state index contributed by atoms with van der Waals surface area (Å²) in [6.07, 6.45) is 0. The maximum absolute atomic E-state index is 2.17. The van der Waals surface area contributed by atoms with Gasteiger partial charge in [0, 0.05) is 2.85 Å². The first-order chi connectivity index (χ1) is 7.46. The summed E-state index contributed by atoms with van der Waals surface area (Å²) >= 11 is 0. The van der Waals surface area contributed by atoms with Crippen molar-refractivity contribution < 1.29 is 2.85 Å². The zero-order valence-corrected chi connectivity index (χ0v) is 15.2.